The summed E-state index contributed by atoms with van der Waals surface area (Å²) in [4.78, 5) is 12.0. The van der Waals surface area contributed by atoms with Crippen molar-refractivity contribution < 1.29 is 13.7 Å². The molecule has 1 saturated heterocycles. The zero-order valence-corrected chi connectivity index (χ0v) is 12.8. The van der Waals surface area contributed by atoms with E-state index in [1.54, 1.807) is 0 Å². The molecule has 0 radical (unpaired) electrons. The topological polar surface area (TPSA) is 55.4 Å². The molecule has 1 amide bonds. The highest BCUT2D eigenvalue weighted by atomic mass is 32.2. The van der Waals surface area contributed by atoms with Crippen LogP contribution in [-0.4, -0.2) is 34.3 Å². The van der Waals surface area contributed by atoms with Crippen molar-refractivity contribution in [2.45, 2.75) is 31.9 Å². The van der Waals surface area contributed by atoms with Gasteiger partial charge in [-0.2, -0.15) is 0 Å². The Labute approximate surface area is 122 Å². The molecule has 1 N–H and O–H groups in total. The van der Waals surface area contributed by atoms with Crippen LogP contribution in [0.3, 0.4) is 0 Å². The molecule has 1 unspecified atom stereocenters. The molecule has 1 aliphatic rings. The van der Waals surface area contributed by atoms with Gasteiger partial charge in [-0.05, 0) is 49.9 Å². The van der Waals surface area contributed by atoms with Gasteiger partial charge < -0.3 is 10.1 Å². The number of benzene rings is 1. The van der Waals surface area contributed by atoms with Crippen molar-refractivity contribution in [3.63, 3.8) is 0 Å². The van der Waals surface area contributed by atoms with Crippen molar-refractivity contribution in [1.29, 1.82) is 0 Å². The number of carbonyl (C=O) groups is 1. The number of hydrogen-bond acceptors (Lipinski definition) is 3. The van der Waals surface area contributed by atoms with E-state index in [9.17, 15) is 9.00 Å². The predicted molar refractivity (Wildman–Crippen MR) is 81.4 cm³/mol. The van der Waals surface area contributed by atoms with Crippen LogP contribution in [0.5, 0.6) is 0 Å². The summed E-state index contributed by atoms with van der Waals surface area (Å²) in [6.07, 6.45) is 1.56. The third kappa shape index (κ3) is 4.42. The average Bonchev–Trinajstić information content (AvgIpc) is 2.38. The molecule has 0 bridgehead atoms. The minimum absolute atomic E-state index is 0.0671. The Balaban J connectivity index is 1.89. The molecule has 1 atom stereocenters. The minimum atomic E-state index is -1.11. The first kappa shape index (κ1) is 15.2. The maximum Gasteiger partial charge on any atom is 0.237 e. The third-order valence-corrected chi connectivity index (χ3v) is 5.08. The van der Waals surface area contributed by atoms with Crippen LogP contribution >= 0.6 is 0 Å². The van der Waals surface area contributed by atoms with Gasteiger partial charge in [0.05, 0.1) is 0 Å². The first-order valence-corrected chi connectivity index (χ1v) is 8.26. The van der Waals surface area contributed by atoms with Gasteiger partial charge in [0.2, 0.25) is 5.91 Å². The number of ether oxygens (including phenoxy) is 1. The fourth-order valence-corrected chi connectivity index (χ4v) is 3.71. The second kappa shape index (κ2) is 6.99. The maximum absolute atomic E-state index is 12.1. The second-order valence-electron chi connectivity index (χ2n) is 5.26. The first-order chi connectivity index (χ1) is 9.54. The van der Waals surface area contributed by atoms with Gasteiger partial charge in [-0.1, -0.05) is 6.07 Å². The molecule has 1 aromatic rings. The van der Waals surface area contributed by atoms with Crippen LogP contribution in [0, 0.1) is 13.8 Å². The summed E-state index contributed by atoms with van der Waals surface area (Å²) in [6.45, 7) is 5.27. The standard InChI is InChI=1S/C15H21NO3S/c1-11-7-12(2)9-13(8-11)16-15(17)10-20(18)14-3-5-19-6-4-14/h7-9,14H,3-6,10H2,1-2H3,(H,16,17). The molecule has 1 fully saturated rings. The predicted octanol–water partition coefficient (Wildman–Crippen LogP) is 2.17. The first-order valence-electron chi connectivity index (χ1n) is 6.87. The lowest BCUT2D eigenvalue weighted by molar-refractivity contribution is -0.113. The number of aryl methyl sites for hydroxylation is 2. The van der Waals surface area contributed by atoms with Crippen LogP contribution in [0.2, 0.25) is 0 Å². The summed E-state index contributed by atoms with van der Waals surface area (Å²) in [7, 11) is -1.11. The van der Waals surface area contributed by atoms with Crippen molar-refractivity contribution in [3.05, 3.63) is 29.3 Å². The highest BCUT2D eigenvalue weighted by Crippen LogP contribution is 2.16. The largest absolute Gasteiger partial charge is 0.381 e. The highest BCUT2D eigenvalue weighted by molar-refractivity contribution is 7.86. The molecule has 0 saturated carbocycles. The van der Waals surface area contributed by atoms with Crippen molar-refractivity contribution in [2.75, 3.05) is 24.3 Å². The van der Waals surface area contributed by atoms with Crippen LogP contribution in [0.1, 0.15) is 24.0 Å². The molecular weight excluding hydrogens is 274 g/mol. The Morgan fingerprint density at radius 1 is 1.25 bits per heavy atom. The Bertz CT molecular complexity index is 490. The lowest BCUT2D eigenvalue weighted by Gasteiger charge is -2.21. The number of amides is 1. The van der Waals surface area contributed by atoms with Crippen molar-refractivity contribution in [2.24, 2.45) is 0 Å². The van der Waals surface area contributed by atoms with E-state index in [1.165, 1.54) is 0 Å². The Morgan fingerprint density at radius 3 is 2.45 bits per heavy atom. The number of nitrogens with one attached hydrogen (secondary N) is 1. The Morgan fingerprint density at radius 2 is 1.85 bits per heavy atom. The Hall–Kier alpha value is -1.20. The smallest absolute Gasteiger partial charge is 0.237 e. The van der Waals surface area contributed by atoms with Gasteiger partial charge in [0.15, 0.2) is 0 Å². The monoisotopic (exact) mass is 295 g/mol. The van der Waals surface area contributed by atoms with Crippen LogP contribution in [0.25, 0.3) is 0 Å². The number of hydrogen-bond donors (Lipinski definition) is 1. The van der Waals surface area contributed by atoms with E-state index in [-0.39, 0.29) is 16.9 Å². The molecule has 4 nitrogen and oxygen atoms in total. The van der Waals surface area contributed by atoms with Crippen molar-refractivity contribution in [1.82, 2.24) is 0 Å². The van der Waals surface area contributed by atoms with Crippen molar-refractivity contribution in [3.8, 4) is 0 Å². The molecular formula is C15H21NO3S. The summed E-state index contributed by atoms with van der Waals surface area (Å²) in [6, 6.07) is 5.89. The lowest BCUT2D eigenvalue weighted by Crippen LogP contribution is -2.30. The van der Waals surface area contributed by atoms with Gasteiger partial charge in [-0.25, -0.2) is 0 Å². The molecule has 0 aliphatic carbocycles. The molecule has 110 valence electrons. The van der Waals surface area contributed by atoms with E-state index in [2.05, 4.69) is 11.4 Å². The number of carbonyl (C=O) groups excluding carboxylic acids is 1. The zero-order valence-electron chi connectivity index (χ0n) is 12.0. The summed E-state index contributed by atoms with van der Waals surface area (Å²) in [5, 5.41) is 2.92. The fraction of sp³-hybridized carbons (Fsp3) is 0.533. The molecule has 2 rings (SSSR count). The maximum atomic E-state index is 12.1. The van der Waals surface area contributed by atoms with Gasteiger partial charge in [0, 0.05) is 35.0 Å². The van der Waals surface area contributed by atoms with E-state index < -0.39 is 10.8 Å². The van der Waals surface area contributed by atoms with Crippen LogP contribution < -0.4 is 5.32 Å². The molecule has 20 heavy (non-hydrogen) atoms. The summed E-state index contributed by atoms with van der Waals surface area (Å²) in [5.74, 6) is -0.114. The molecule has 5 heteroatoms. The van der Waals surface area contributed by atoms with E-state index in [4.69, 9.17) is 4.74 Å². The summed E-state index contributed by atoms with van der Waals surface area (Å²) in [5.41, 5.74) is 2.98. The van der Waals surface area contributed by atoms with Gasteiger partial charge >= 0.3 is 0 Å². The normalized spacial score (nSPS) is 17.7. The van der Waals surface area contributed by atoms with E-state index in [0.29, 0.717) is 13.2 Å². The Kier molecular flexibility index (Phi) is 5.31. The van der Waals surface area contributed by atoms with Crippen LogP contribution in [-0.2, 0) is 20.3 Å². The summed E-state index contributed by atoms with van der Waals surface area (Å²) < 4.78 is 17.4. The van der Waals surface area contributed by atoms with E-state index in [0.717, 1.165) is 29.7 Å². The van der Waals surface area contributed by atoms with Gasteiger partial charge in [-0.3, -0.25) is 9.00 Å². The summed E-state index contributed by atoms with van der Waals surface area (Å²) >= 11 is 0. The average molecular weight is 295 g/mol. The van der Waals surface area contributed by atoms with Crippen LogP contribution in [0.15, 0.2) is 18.2 Å². The molecule has 0 spiro atoms. The number of rotatable bonds is 4. The lowest BCUT2D eigenvalue weighted by atomic mass is 10.1. The van der Waals surface area contributed by atoms with E-state index in [1.807, 2.05) is 26.0 Å². The zero-order chi connectivity index (χ0) is 14.5. The number of anilines is 1. The molecule has 1 heterocycles. The molecule has 1 aromatic carbocycles. The molecule has 0 aromatic heterocycles. The van der Waals surface area contributed by atoms with Crippen molar-refractivity contribution >= 4 is 22.4 Å². The van der Waals surface area contributed by atoms with Gasteiger partial charge in [-0.15, -0.1) is 0 Å². The quantitative estimate of drug-likeness (QED) is 0.926. The molecule has 1 aliphatic heterocycles. The minimum Gasteiger partial charge on any atom is -0.381 e. The fourth-order valence-electron chi connectivity index (χ4n) is 2.43. The highest BCUT2D eigenvalue weighted by Gasteiger charge is 2.22. The van der Waals surface area contributed by atoms with E-state index >= 15 is 0 Å². The second-order valence-corrected chi connectivity index (χ2v) is 6.98. The van der Waals surface area contributed by atoms with Gasteiger partial charge in [0.1, 0.15) is 5.75 Å². The third-order valence-electron chi connectivity index (χ3n) is 3.32. The SMILES string of the molecule is Cc1cc(C)cc(NC(=O)CS(=O)C2CCOCC2)c1. The van der Waals surface area contributed by atoms with Gasteiger partial charge in [0.25, 0.3) is 0 Å². The van der Waals surface area contributed by atoms with Crippen LogP contribution in [0.4, 0.5) is 5.69 Å².